The highest BCUT2D eigenvalue weighted by atomic mass is 32.1. The first kappa shape index (κ1) is 16.4. The quantitative estimate of drug-likeness (QED) is 0.672. The highest BCUT2D eigenvalue weighted by molar-refractivity contribution is 7.80. The predicted octanol–water partition coefficient (Wildman–Crippen LogP) is 3.39. The third-order valence-corrected chi connectivity index (χ3v) is 3.22. The molecule has 0 aromatic heterocycles. The normalized spacial score (nSPS) is 10.1. The number of hydrogen-bond donors (Lipinski definition) is 2. The maximum atomic E-state index is 11.8. The number of nitrogens with one attached hydrogen (secondary N) is 2. The SMILES string of the molecule is Cc1ccc(/C=C/C(=O)NC(=S)Nc2ccc(C#N)cc2)cc1. The average molecular weight is 321 g/mol. The Morgan fingerprint density at radius 1 is 1.13 bits per heavy atom. The zero-order chi connectivity index (χ0) is 16.7. The molecule has 0 radical (unpaired) electrons. The van der Waals surface area contributed by atoms with Crippen LogP contribution in [-0.4, -0.2) is 11.0 Å². The maximum absolute atomic E-state index is 11.8. The van der Waals surface area contributed by atoms with Crippen LogP contribution in [0.2, 0.25) is 0 Å². The van der Waals surface area contributed by atoms with Crippen molar-refractivity contribution >= 4 is 35.0 Å². The van der Waals surface area contributed by atoms with Crippen molar-refractivity contribution in [1.29, 1.82) is 5.26 Å². The second kappa shape index (κ2) is 7.87. The lowest BCUT2D eigenvalue weighted by molar-refractivity contribution is -0.115. The van der Waals surface area contributed by atoms with Crippen molar-refractivity contribution in [3.63, 3.8) is 0 Å². The summed E-state index contributed by atoms with van der Waals surface area (Å²) in [6.45, 7) is 2.01. The van der Waals surface area contributed by atoms with Crippen LogP contribution in [0.4, 0.5) is 5.69 Å². The Kier molecular flexibility index (Phi) is 5.61. The Bertz CT molecular complexity index is 771. The topological polar surface area (TPSA) is 64.9 Å². The highest BCUT2D eigenvalue weighted by Gasteiger charge is 2.01. The maximum Gasteiger partial charge on any atom is 0.250 e. The van der Waals surface area contributed by atoms with Gasteiger partial charge >= 0.3 is 0 Å². The first-order valence-electron chi connectivity index (χ1n) is 6.94. The molecule has 1 amide bonds. The van der Waals surface area contributed by atoms with Gasteiger partial charge in [0.2, 0.25) is 5.91 Å². The summed E-state index contributed by atoms with van der Waals surface area (Å²) in [5.74, 6) is -0.309. The number of thiocarbonyl (C=S) groups is 1. The molecular formula is C18H15N3OS. The largest absolute Gasteiger partial charge is 0.332 e. The molecule has 2 aromatic carbocycles. The van der Waals surface area contributed by atoms with E-state index in [9.17, 15) is 4.79 Å². The van der Waals surface area contributed by atoms with Gasteiger partial charge in [0.1, 0.15) is 0 Å². The molecule has 4 nitrogen and oxygen atoms in total. The Labute approximate surface area is 140 Å². The first-order chi connectivity index (χ1) is 11.1. The number of benzene rings is 2. The number of rotatable bonds is 3. The van der Waals surface area contributed by atoms with Gasteiger partial charge in [-0.25, -0.2) is 0 Å². The molecule has 2 aromatic rings. The van der Waals surface area contributed by atoms with Crippen molar-refractivity contribution < 1.29 is 4.79 Å². The van der Waals surface area contributed by atoms with E-state index in [1.807, 2.05) is 37.3 Å². The van der Waals surface area contributed by atoms with Crippen LogP contribution < -0.4 is 10.6 Å². The van der Waals surface area contributed by atoms with Crippen LogP contribution in [0.25, 0.3) is 6.08 Å². The molecule has 0 unspecified atom stereocenters. The van der Waals surface area contributed by atoms with Gasteiger partial charge in [-0.05, 0) is 55.0 Å². The molecule has 0 saturated carbocycles. The summed E-state index contributed by atoms with van der Waals surface area (Å²) in [6.07, 6.45) is 3.15. The molecule has 0 fully saturated rings. The van der Waals surface area contributed by atoms with Crippen LogP contribution >= 0.6 is 12.2 Å². The lowest BCUT2D eigenvalue weighted by Gasteiger charge is -2.07. The standard InChI is InChI=1S/C18H15N3OS/c1-13-2-4-14(5-3-13)8-11-17(22)21-18(23)20-16-9-6-15(12-19)7-10-16/h2-11H,1H3,(H2,20,21,22,23)/b11-8+. The molecule has 114 valence electrons. The van der Waals surface area contributed by atoms with E-state index in [4.69, 9.17) is 17.5 Å². The molecule has 0 aliphatic carbocycles. The lowest BCUT2D eigenvalue weighted by Crippen LogP contribution is -2.32. The zero-order valence-corrected chi connectivity index (χ0v) is 13.4. The van der Waals surface area contributed by atoms with Crippen LogP contribution in [0, 0.1) is 18.3 Å². The van der Waals surface area contributed by atoms with Gasteiger partial charge in [-0.1, -0.05) is 29.8 Å². The van der Waals surface area contributed by atoms with Crippen LogP contribution in [0.3, 0.4) is 0 Å². The predicted molar refractivity (Wildman–Crippen MR) is 95.7 cm³/mol. The minimum absolute atomic E-state index is 0.202. The Morgan fingerprint density at radius 2 is 1.78 bits per heavy atom. The van der Waals surface area contributed by atoms with E-state index in [2.05, 4.69) is 10.6 Å². The minimum atomic E-state index is -0.309. The fourth-order valence-electron chi connectivity index (χ4n) is 1.79. The van der Waals surface area contributed by atoms with Crippen molar-refractivity contribution in [3.8, 4) is 6.07 Å². The molecule has 0 aliphatic heterocycles. The summed E-state index contributed by atoms with van der Waals surface area (Å²) in [5.41, 5.74) is 3.37. The van der Waals surface area contributed by atoms with E-state index in [-0.39, 0.29) is 11.0 Å². The molecule has 23 heavy (non-hydrogen) atoms. The summed E-state index contributed by atoms with van der Waals surface area (Å²) in [5, 5.41) is 14.4. The Balaban J connectivity index is 1.87. The molecule has 0 saturated heterocycles. The van der Waals surface area contributed by atoms with Gasteiger partial charge in [0, 0.05) is 11.8 Å². The van der Waals surface area contributed by atoms with Gasteiger partial charge in [-0.3, -0.25) is 10.1 Å². The summed E-state index contributed by atoms with van der Waals surface area (Å²) in [7, 11) is 0. The van der Waals surface area contributed by atoms with Crippen molar-refractivity contribution in [3.05, 3.63) is 71.3 Å². The molecule has 5 heteroatoms. The third-order valence-electron chi connectivity index (χ3n) is 3.01. The van der Waals surface area contributed by atoms with Crippen LogP contribution in [0.5, 0.6) is 0 Å². The van der Waals surface area contributed by atoms with Crippen molar-refractivity contribution in [2.24, 2.45) is 0 Å². The molecule has 2 N–H and O–H groups in total. The average Bonchev–Trinajstić information content (AvgIpc) is 2.55. The molecule has 2 rings (SSSR count). The van der Waals surface area contributed by atoms with Crippen molar-refractivity contribution in [2.45, 2.75) is 6.92 Å². The van der Waals surface area contributed by atoms with Gasteiger partial charge in [0.05, 0.1) is 11.6 Å². The van der Waals surface area contributed by atoms with E-state index in [0.29, 0.717) is 11.3 Å². The van der Waals surface area contributed by atoms with Gasteiger partial charge in [0.25, 0.3) is 0 Å². The van der Waals surface area contributed by atoms with Crippen molar-refractivity contribution in [1.82, 2.24) is 5.32 Å². The molecule has 0 heterocycles. The summed E-state index contributed by atoms with van der Waals surface area (Å²) in [6, 6.07) is 16.7. The first-order valence-corrected chi connectivity index (χ1v) is 7.34. The Hall–Kier alpha value is -2.97. The van der Waals surface area contributed by atoms with Crippen molar-refractivity contribution in [2.75, 3.05) is 5.32 Å². The number of amides is 1. The van der Waals surface area contributed by atoms with Gasteiger partial charge in [-0.2, -0.15) is 5.26 Å². The third kappa shape index (κ3) is 5.38. The van der Waals surface area contributed by atoms with E-state index >= 15 is 0 Å². The summed E-state index contributed by atoms with van der Waals surface area (Å²) >= 11 is 5.08. The number of anilines is 1. The van der Waals surface area contributed by atoms with E-state index < -0.39 is 0 Å². The molecule has 0 atom stereocenters. The van der Waals surface area contributed by atoms with Gasteiger partial charge in [-0.15, -0.1) is 0 Å². The molecule has 0 spiro atoms. The number of nitrogens with zero attached hydrogens (tertiary/aromatic N) is 1. The molecule has 0 aliphatic rings. The van der Waals surface area contributed by atoms with E-state index in [0.717, 1.165) is 5.56 Å². The fraction of sp³-hybridized carbons (Fsp3) is 0.0556. The smallest absolute Gasteiger partial charge is 0.250 e. The van der Waals surface area contributed by atoms with Crippen LogP contribution in [-0.2, 0) is 4.79 Å². The second-order valence-corrected chi connectivity index (χ2v) is 5.28. The van der Waals surface area contributed by atoms with Crippen LogP contribution in [0.15, 0.2) is 54.6 Å². The monoisotopic (exact) mass is 321 g/mol. The number of hydrogen-bond acceptors (Lipinski definition) is 3. The van der Waals surface area contributed by atoms with E-state index in [1.54, 1.807) is 30.3 Å². The molecule has 0 bridgehead atoms. The number of aryl methyl sites for hydroxylation is 1. The second-order valence-electron chi connectivity index (χ2n) is 4.88. The van der Waals surface area contributed by atoms with Crippen LogP contribution in [0.1, 0.15) is 16.7 Å². The summed E-state index contributed by atoms with van der Waals surface area (Å²) < 4.78 is 0. The molecular weight excluding hydrogens is 306 g/mol. The van der Waals surface area contributed by atoms with Gasteiger partial charge in [0.15, 0.2) is 5.11 Å². The minimum Gasteiger partial charge on any atom is -0.332 e. The zero-order valence-electron chi connectivity index (χ0n) is 12.5. The summed E-state index contributed by atoms with van der Waals surface area (Å²) in [4.78, 5) is 11.8. The number of nitriles is 1. The fourth-order valence-corrected chi connectivity index (χ4v) is 2.01. The van der Waals surface area contributed by atoms with Gasteiger partial charge < -0.3 is 5.32 Å². The lowest BCUT2D eigenvalue weighted by atomic mass is 10.1. The number of carbonyl (C=O) groups is 1. The number of carbonyl (C=O) groups excluding carboxylic acids is 1. The van der Waals surface area contributed by atoms with E-state index in [1.165, 1.54) is 11.6 Å². The highest BCUT2D eigenvalue weighted by Crippen LogP contribution is 2.08. The Morgan fingerprint density at radius 3 is 2.39 bits per heavy atom.